The molecule has 0 radical (unpaired) electrons. The minimum Gasteiger partial charge on any atom is -0.356 e. The van der Waals surface area contributed by atoms with Gasteiger partial charge < -0.3 is 10.2 Å². The molecule has 0 spiro atoms. The molecule has 2 aromatic heterocycles. The third-order valence-corrected chi connectivity index (χ3v) is 5.11. The largest absolute Gasteiger partial charge is 0.356 e. The number of aryl methyl sites for hydroxylation is 1. The zero-order valence-corrected chi connectivity index (χ0v) is 18.1. The Labute approximate surface area is 168 Å². The van der Waals surface area contributed by atoms with Crippen LogP contribution in [-0.2, 0) is 0 Å². The van der Waals surface area contributed by atoms with Crippen molar-refractivity contribution in [3.05, 3.63) is 47.2 Å². The first-order valence-electron chi connectivity index (χ1n) is 10.4. The van der Waals surface area contributed by atoms with Gasteiger partial charge in [0.05, 0.1) is 6.20 Å². The number of anilines is 3. The molecule has 28 heavy (non-hydrogen) atoms. The van der Waals surface area contributed by atoms with Crippen LogP contribution in [-0.4, -0.2) is 27.7 Å². The number of nitrogens with zero attached hydrogens (tertiary/aromatic N) is 4. The zero-order valence-electron chi connectivity index (χ0n) is 18.1. The number of benzene rings is 1. The fraction of sp³-hybridized carbons (Fsp3) is 0.478. The summed E-state index contributed by atoms with van der Waals surface area (Å²) in [5.74, 6) is 2.49. The Kier molecular flexibility index (Phi) is 6.22. The topological polar surface area (TPSA) is 45.5 Å². The van der Waals surface area contributed by atoms with Crippen molar-refractivity contribution in [2.24, 2.45) is 0 Å². The molecule has 5 nitrogen and oxygen atoms in total. The summed E-state index contributed by atoms with van der Waals surface area (Å²) in [7, 11) is 0. The van der Waals surface area contributed by atoms with Gasteiger partial charge in [0.25, 0.3) is 0 Å². The van der Waals surface area contributed by atoms with Crippen LogP contribution in [0, 0.1) is 13.8 Å². The molecule has 0 aliphatic carbocycles. The van der Waals surface area contributed by atoms with Crippen molar-refractivity contribution in [1.82, 2.24) is 14.6 Å². The third kappa shape index (κ3) is 3.98. The zero-order chi connectivity index (χ0) is 20.3. The van der Waals surface area contributed by atoms with E-state index in [1.807, 2.05) is 16.8 Å². The van der Waals surface area contributed by atoms with E-state index < -0.39 is 0 Å². The van der Waals surface area contributed by atoms with E-state index in [4.69, 9.17) is 4.98 Å². The average molecular weight is 380 g/mol. The summed E-state index contributed by atoms with van der Waals surface area (Å²) < 4.78 is 1.98. The van der Waals surface area contributed by atoms with E-state index in [1.165, 1.54) is 11.1 Å². The molecule has 1 aromatic carbocycles. The second kappa shape index (κ2) is 8.63. The first-order chi connectivity index (χ1) is 13.5. The van der Waals surface area contributed by atoms with Crippen LogP contribution in [0.15, 0.2) is 30.5 Å². The molecule has 150 valence electrons. The summed E-state index contributed by atoms with van der Waals surface area (Å²) in [4.78, 5) is 7.31. The molecule has 0 aliphatic heterocycles. The Hall–Kier alpha value is -2.56. The maximum atomic E-state index is 4.88. The summed E-state index contributed by atoms with van der Waals surface area (Å²) in [6.45, 7) is 15.2. The van der Waals surface area contributed by atoms with Gasteiger partial charge in [-0.05, 0) is 44.2 Å². The van der Waals surface area contributed by atoms with Crippen LogP contribution in [0.1, 0.15) is 63.1 Å². The Balaban J connectivity index is 2.12. The molecule has 0 bridgehead atoms. The molecule has 1 N–H and O–H groups in total. The lowest BCUT2D eigenvalue weighted by Gasteiger charge is -2.27. The summed E-state index contributed by atoms with van der Waals surface area (Å²) >= 11 is 0. The number of aromatic nitrogens is 3. The lowest BCUT2D eigenvalue weighted by Crippen LogP contribution is -2.28. The predicted molar refractivity (Wildman–Crippen MR) is 119 cm³/mol. The summed E-state index contributed by atoms with van der Waals surface area (Å²) in [5, 5.41) is 8.19. The SMILES string of the molecule is CCCN(CCC)c1c(C)c(Nc2ccc(C)cc2C(C)C)nc2ccnn12. The molecule has 0 atom stereocenters. The maximum Gasteiger partial charge on any atom is 0.159 e. The first-order valence-corrected chi connectivity index (χ1v) is 10.4. The molecule has 2 heterocycles. The van der Waals surface area contributed by atoms with E-state index in [2.05, 4.69) is 75.1 Å². The maximum absolute atomic E-state index is 4.88. The highest BCUT2D eigenvalue weighted by molar-refractivity contribution is 5.71. The van der Waals surface area contributed by atoms with E-state index in [-0.39, 0.29) is 0 Å². The van der Waals surface area contributed by atoms with Crippen molar-refractivity contribution in [2.45, 2.75) is 60.3 Å². The molecular weight excluding hydrogens is 346 g/mol. The first kappa shape index (κ1) is 20.2. The van der Waals surface area contributed by atoms with Crippen molar-refractivity contribution in [3.8, 4) is 0 Å². The number of rotatable bonds is 8. The van der Waals surface area contributed by atoms with E-state index in [9.17, 15) is 0 Å². The highest BCUT2D eigenvalue weighted by Crippen LogP contribution is 2.32. The van der Waals surface area contributed by atoms with Gasteiger partial charge >= 0.3 is 0 Å². The monoisotopic (exact) mass is 379 g/mol. The van der Waals surface area contributed by atoms with Crippen LogP contribution < -0.4 is 10.2 Å². The quantitative estimate of drug-likeness (QED) is 0.534. The van der Waals surface area contributed by atoms with Crippen molar-refractivity contribution < 1.29 is 0 Å². The average Bonchev–Trinajstić information content (AvgIpc) is 3.11. The lowest BCUT2D eigenvalue weighted by molar-refractivity contribution is 0.712. The van der Waals surface area contributed by atoms with Gasteiger partial charge in [-0.15, -0.1) is 0 Å². The van der Waals surface area contributed by atoms with Crippen molar-refractivity contribution >= 4 is 23.0 Å². The van der Waals surface area contributed by atoms with E-state index in [0.717, 1.165) is 54.5 Å². The van der Waals surface area contributed by atoms with Crippen LogP contribution in [0.3, 0.4) is 0 Å². The van der Waals surface area contributed by atoms with Crippen LogP contribution >= 0.6 is 0 Å². The number of hydrogen-bond donors (Lipinski definition) is 1. The van der Waals surface area contributed by atoms with Crippen LogP contribution in [0.4, 0.5) is 17.3 Å². The smallest absolute Gasteiger partial charge is 0.159 e. The van der Waals surface area contributed by atoms with E-state index >= 15 is 0 Å². The summed E-state index contributed by atoms with van der Waals surface area (Å²) in [6.07, 6.45) is 4.03. The molecule has 3 rings (SSSR count). The minimum absolute atomic E-state index is 0.442. The van der Waals surface area contributed by atoms with Crippen molar-refractivity contribution in [3.63, 3.8) is 0 Å². The predicted octanol–water partition coefficient (Wildman–Crippen LogP) is 5.84. The Bertz CT molecular complexity index is 936. The highest BCUT2D eigenvalue weighted by Gasteiger charge is 2.19. The highest BCUT2D eigenvalue weighted by atomic mass is 15.4. The standard InChI is InChI=1S/C23H33N5/c1-7-13-27(14-8-2)23-18(6)22(26-21-11-12-24-28(21)23)25-20-10-9-17(5)15-19(20)16(3)4/h9-12,15-16H,7-8,13-14H2,1-6H3,(H,25,26). The Morgan fingerprint density at radius 3 is 2.43 bits per heavy atom. The molecule has 0 amide bonds. The van der Waals surface area contributed by atoms with Gasteiger partial charge in [0.1, 0.15) is 11.6 Å². The molecule has 3 aromatic rings. The third-order valence-electron chi connectivity index (χ3n) is 5.11. The second-order valence-corrected chi connectivity index (χ2v) is 7.87. The van der Waals surface area contributed by atoms with Crippen LogP contribution in [0.25, 0.3) is 5.65 Å². The Morgan fingerprint density at radius 2 is 1.79 bits per heavy atom. The van der Waals surface area contributed by atoms with Gasteiger partial charge in [-0.2, -0.15) is 9.61 Å². The molecule has 0 aliphatic rings. The van der Waals surface area contributed by atoms with Crippen molar-refractivity contribution in [1.29, 1.82) is 0 Å². The fourth-order valence-corrected chi connectivity index (χ4v) is 3.76. The van der Waals surface area contributed by atoms with E-state index in [0.29, 0.717) is 5.92 Å². The molecule has 0 unspecified atom stereocenters. The fourth-order valence-electron chi connectivity index (χ4n) is 3.76. The van der Waals surface area contributed by atoms with Gasteiger partial charge in [-0.3, -0.25) is 0 Å². The Morgan fingerprint density at radius 1 is 1.07 bits per heavy atom. The molecular formula is C23H33N5. The normalized spacial score (nSPS) is 11.4. The van der Waals surface area contributed by atoms with Gasteiger partial charge in [-0.1, -0.05) is 45.4 Å². The molecule has 0 fully saturated rings. The number of fused-ring (bicyclic) bond motifs is 1. The molecule has 5 heteroatoms. The summed E-state index contributed by atoms with van der Waals surface area (Å²) in [6, 6.07) is 8.56. The van der Waals surface area contributed by atoms with Crippen LogP contribution in [0.5, 0.6) is 0 Å². The number of nitrogens with one attached hydrogen (secondary N) is 1. The van der Waals surface area contributed by atoms with Gasteiger partial charge in [0.2, 0.25) is 0 Å². The second-order valence-electron chi connectivity index (χ2n) is 7.87. The number of hydrogen-bond acceptors (Lipinski definition) is 4. The van der Waals surface area contributed by atoms with Gasteiger partial charge in [0.15, 0.2) is 5.65 Å². The molecule has 0 saturated heterocycles. The molecule has 0 saturated carbocycles. The lowest BCUT2D eigenvalue weighted by atomic mass is 9.99. The minimum atomic E-state index is 0.442. The van der Waals surface area contributed by atoms with Crippen LogP contribution in [0.2, 0.25) is 0 Å². The van der Waals surface area contributed by atoms with Crippen molar-refractivity contribution in [2.75, 3.05) is 23.3 Å². The van der Waals surface area contributed by atoms with Gasteiger partial charge in [-0.25, -0.2) is 4.98 Å². The van der Waals surface area contributed by atoms with E-state index in [1.54, 1.807) is 0 Å². The summed E-state index contributed by atoms with van der Waals surface area (Å²) in [5.41, 5.74) is 5.73. The van der Waals surface area contributed by atoms with Gasteiger partial charge in [0, 0.05) is 30.4 Å².